The first-order chi connectivity index (χ1) is 7.36. The second kappa shape index (κ2) is 6.48. The molecule has 0 radical (unpaired) electrons. The summed E-state index contributed by atoms with van der Waals surface area (Å²) < 4.78 is 0. The highest BCUT2D eigenvalue weighted by Gasteiger charge is 1.96. The highest BCUT2D eigenvalue weighted by molar-refractivity contribution is 14.0. The van der Waals surface area contributed by atoms with Crippen molar-refractivity contribution in [2.75, 3.05) is 6.54 Å². The second-order valence-corrected chi connectivity index (χ2v) is 3.49. The van der Waals surface area contributed by atoms with Gasteiger partial charge >= 0.3 is 0 Å². The van der Waals surface area contributed by atoms with Crippen molar-refractivity contribution in [3.8, 4) is 0 Å². The van der Waals surface area contributed by atoms with E-state index in [-0.39, 0.29) is 24.0 Å². The Morgan fingerprint density at radius 3 is 2.75 bits per heavy atom. The molecular formula is C13H15IN2. The smallest absolute Gasteiger partial charge is 0.0592 e. The molecule has 1 heterocycles. The molecule has 1 aromatic carbocycles. The van der Waals surface area contributed by atoms with Crippen LogP contribution in [-0.2, 0) is 0 Å². The van der Waals surface area contributed by atoms with Gasteiger partial charge < -0.3 is 0 Å². The van der Waals surface area contributed by atoms with E-state index in [2.05, 4.69) is 30.2 Å². The van der Waals surface area contributed by atoms with E-state index in [1.54, 1.807) is 0 Å². The molecule has 0 saturated heterocycles. The van der Waals surface area contributed by atoms with Gasteiger partial charge in [-0.15, -0.1) is 24.0 Å². The largest absolute Gasteiger partial charge is 0.269 e. The lowest BCUT2D eigenvalue weighted by molar-refractivity contribution is 0.442. The third kappa shape index (κ3) is 3.48. The molecule has 0 fully saturated rings. The Balaban J connectivity index is 0.00000128. The maximum Gasteiger partial charge on any atom is 0.0592 e. The fraction of sp³-hybridized carbons (Fsp3) is 0.154. The summed E-state index contributed by atoms with van der Waals surface area (Å²) in [5, 5.41) is 6.29. The van der Waals surface area contributed by atoms with Gasteiger partial charge in [-0.2, -0.15) is 5.10 Å². The van der Waals surface area contributed by atoms with Crippen molar-refractivity contribution in [2.45, 2.75) is 6.92 Å². The predicted molar refractivity (Wildman–Crippen MR) is 79.2 cm³/mol. The van der Waals surface area contributed by atoms with Gasteiger partial charge in [-0.3, -0.25) is 5.01 Å². The molecule has 0 spiro atoms. The lowest BCUT2D eigenvalue weighted by atomic mass is 10.1. The van der Waals surface area contributed by atoms with Crippen LogP contribution in [0.5, 0.6) is 0 Å². The number of hydrogen-bond acceptors (Lipinski definition) is 2. The van der Waals surface area contributed by atoms with Crippen LogP contribution in [0.2, 0.25) is 0 Å². The molecule has 0 unspecified atom stereocenters. The van der Waals surface area contributed by atoms with Gasteiger partial charge in [0.25, 0.3) is 0 Å². The molecule has 0 saturated carbocycles. The van der Waals surface area contributed by atoms with E-state index >= 15 is 0 Å². The molecule has 0 bridgehead atoms. The summed E-state index contributed by atoms with van der Waals surface area (Å²) in [4.78, 5) is 0. The van der Waals surface area contributed by atoms with Crippen molar-refractivity contribution >= 4 is 30.2 Å². The molecule has 0 amide bonds. The van der Waals surface area contributed by atoms with E-state index in [1.807, 2.05) is 41.7 Å². The van der Waals surface area contributed by atoms with Crippen LogP contribution in [-0.4, -0.2) is 17.8 Å². The number of benzene rings is 1. The van der Waals surface area contributed by atoms with Gasteiger partial charge in [0.15, 0.2) is 0 Å². The van der Waals surface area contributed by atoms with E-state index in [9.17, 15) is 0 Å². The van der Waals surface area contributed by atoms with Crippen molar-refractivity contribution < 1.29 is 0 Å². The molecule has 0 atom stereocenters. The van der Waals surface area contributed by atoms with Crippen molar-refractivity contribution in [2.24, 2.45) is 5.10 Å². The highest BCUT2D eigenvalue weighted by Crippen LogP contribution is 2.05. The summed E-state index contributed by atoms with van der Waals surface area (Å²) in [6.45, 7) is 2.94. The average Bonchev–Trinajstić information content (AvgIpc) is 2.29. The minimum absolute atomic E-state index is 0. The first kappa shape index (κ1) is 13.0. The lowest BCUT2D eigenvalue weighted by Crippen LogP contribution is -2.11. The topological polar surface area (TPSA) is 15.6 Å². The van der Waals surface area contributed by atoms with Gasteiger partial charge in [0.05, 0.1) is 12.8 Å². The zero-order chi connectivity index (χ0) is 10.5. The maximum atomic E-state index is 4.38. The first-order valence-electron chi connectivity index (χ1n) is 5.06. The Morgan fingerprint density at radius 1 is 1.25 bits per heavy atom. The van der Waals surface area contributed by atoms with Gasteiger partial charge in [0.2, 0.25) is 0 Å². The Morgan fingerprint density at radius 2 is 2.06 bits per heavy atom. The van der Waals surface area contributed by atoms with E-state index in [1.165, 1.54) is 11.1 Å². The Labute approximate surface area is 113 Å². The molecule has 1 aliphatic heterocycles. The minimum Gasteiger partial charge on any atom is -0.269 e. The molecule has 2 nitrogen and oxygen atoms in total. The standard InChI is InChI=1S/C13H14N2.HI/c1-12-7-3-4-8-13(12)11-14-15-9-5-2-6-10-15;/h2-9,11H,10H2,1H3;1H. The summed E-state index contributed by atoms with van der Waals surface area (Å²) in [5.74, 6) is 0. The SMILES string of the molecule is Cc1ccccc1C=NN1C=CC=CC1.I. The van der Waals surface area contributed by atoms with Gasteiger partial charge in [0.1, 0.15) is 0 Å². The predicted octanol–water partition coefficient (Wildman–Crippen LogP) is 3.33. The Bertz CT molecular complexity index is 422. The summed E-state index contributed by atoms with van der Waals surface area (Å²) in [7, 11) is 0. The molecular weight excluding hydrogens is 311 g/mol. The highest BCUT2D eigenvalue weighted by atomic mass is 127. The normalized spacial score (nSPS) is 14.2. The Hall–Kier alpha value is -1.10. The number of hydrogen-bond donors (Lipinski definition) is 0. The van der Waals surface area contributed by atoms with Gasteiger partial charge in [0, 0.05) is 6.20 Å². The van der Waals surface area contributed by atoms with Crippen LogP contribution >= 0.6 is 24.0 Å². The number of halogens is 1. The van der Waals surface area contributed by atoms with E-state index in [0.717, 1.165) is 6.54 Å². The Kier molecular flexibility index (Phi) is 5.25. The number of nitrogens with zero attached hydrogens (tertiary/aromatic N) is 2. The van der Waals surface area contributed by atoms with Gasteiger partial charge in [-0.25, -0.2) is 0 Å². The molecule has 1 aromatic rings. The van der Waals surface area contributed by atoms with E-state index in [4.69, 9.17) is 0 Å². The molecule has 84 valence electrons. The molecule has 0 N–H and O–H groups in total. The number of rotatable bonds is 2. The quantitative estimate of drug-likeness (QED) is 0.601. The number of aryl methyl sites for hydroxylation is 1. The van der Waals surface area contributed by atoms with Crippen LogP contribution in [0.1, 0.15) is 11.1 Å². The van der Waals surface area contributed by atoms with Crippen molar-refractivity contribution in [3.63, 3.8) is 0 Å². The fourth-order valence-electron chi connectivity index (χ4n) is 1.41. The zero-order valence-corrected chi connectivity index (χ0v) is 11.5. The average molecular weight is 326 g/mol. The summed E-state index contributed by atoms with van der Waals surface area (Å²) in [6.07, 6.45) is 9.96. The molecule has 2 rings (SSSR count). The van der Waals surface area contributed by atoms with Crippen molar-refractivity contribution in [1.82, 2.24) is 5.01 Å². The molecule has 0 aliphatic carbocycles. The monoisotopic (exact) mass is 326 g/mol. The molecule has 0 aromatic heterocycles. The van der Waals surface area contributed by atoms with Crippen molar-refractivity contribution in [1.29, 1.82) is 0 Å². The molecule has 16 heavy (non-hydrogen) atoms. The summed E-state index contributed by atoms with van der Waals surface area (Å²) in [5.41, 5.74) is 2.42. The van der Waals surface area contributed by atoms with Crippen LogP contribution < -0.4 is 0 Å². The number of allylic oxidation sites excluding steroid dienone is 2. The third-order valence-electron chi connectivity index (χ3n) is 2.33. The number of hydrazone groups is 1. The molecule has 3 heteroatoms. The third-order valence-corrected chi connectivity index (χ3v) is 2.33. The van der Waals surface area contributed by atoms with Gasteiger partial charge in [-0.1, -0.05) is 36.4 Å². The second-order valence-electron chi connectivity index (χ2n) is 3.49. The van der Waals surface area contributed by atoms with E-state index in [0.29, 0.717) is 0 Å². The lowest BCUT2D eigenvalue weighted by Gasteiger charge is -2.13. The summed E-state index contributed by atoms with van der Waals surface area (Å²) in [6, 6.07) is 8.23. The van der Waals surface area contributed by atoms with Crippen LogP contribution in [0.15, 0.2) is 53.8 Å². The maximum absolute atomic E-state index is 4.38. The van der Waals surface area contributed by atoms with Crippen LogP contribution in [0.4, 0.5) is 0 Å². The van der Waals surface area contributed by atoms with E-state index < -0.39 is 0 Å². The van der Waals surface area contributed by atoms with Crippen molar-refractivity contribution in [3.05, 3.63) is 59.8 Å². The van der Waals surface area contributed by atoms with Gasteiger partial charge in [-0.05, 0) is 24.1 Å². The first-order valence-corrected chi connectivity index (χ1v) is 5.06. The van der Waals surface area contributed by atoms with Crippen LogP contribution in [0, 0.1) is 6.92 Å². The minimum atomic E-state index is 0. The van der Waals surface area contributed by atoms with Crippen LogP contribution in [0.25, 0.3) is 0 Å². The summed E-state index contributed by atoms with van der Waals surface area (Å²) >= 11 is 0. The zero-order valence-electron chi connectivity index (χ0n) is 9.21. The molecule has 1 aliphatic rings. The van der Waals surface area contributed by atoms with Crippen LogP contribution in [0.3, 0.4) is 0 Å². The fourth-order valence-corrected chi connectivity index (χ4v) is 1.41.